The number of nitrogens with two attached hydrogens (primary N) is 1. The summed E-state index contributed by atoms with van der Waals surface area (Å²) in [6, 6.07) is -0.678. The van der Waals surface area contributed by atoms with E-state index in [-0.39, 0.29) is 12.4 Å². The van der Waals surface area contributed by atoms with Gasteiger partial charge in [-0.05, 0) is 18.8 Å². The summed E-state index contributed by atoms with van der Waals surface area (Å²) in [6.45, 7) is 4.10. The molecule has 11 heavy (non-hydrogen) atoms. The van der Waals surface area contributed by atoms with Gasteiger partial charge in [0.05, 0.1) is 0 Å². The van der Waals surface area contributed by atoms with Crippen molar-refractivity contribution in [3.63, 3.8) is 0 Å². The largest absolute Gasteiger partial charge is 0.480 e. The fourth-order valence-electron chi connectivity index (χ4n) is 0.636. The highest BCUT2D eigenvalue weighted by Crippen LogP contribution is 2.04. The lowest BCUT2D eigenvalue weighted by atomic mass is 10.0. The molecule has 0 amide bonds. The molecule has 0 aromatic rings. The molecule has 1 atom stereocenters. The highest BCUT2D eigenvalue weighted by Gasteiger charge is 2.10. The van der Waals surface area contributed by atoms with E-state index in [2.05, 4.69) is 13.8 Å². The van der Waals surface area contributed by atoms with Gasteiger partial charge in [0.25, 0.3) is 0 Å². The van der Waals surface area contributed by atoms with Gasteiger partial charge >= 0.3 is 5.97 Å². The molecule has 0 aromatic heterocycles. The predicted octanol–water partition coefficient (Wildman–Crippen LogP) is 1.26. The minimum Gasteiger partial charge on any atom is -0.480 e. The van der Waals surface area contributed by atoms with Crippen LogP contribution in [0, 0.1) is 5.92 Å². The van der Waals surface area contributed by atoms with Gasteiger partial charge in [0.15, 0.2) is 0 Å². The predicted molar refractivity (Wildman–Crippen MR) is 46.9 cm³/mol. The Morgan fingerprint density at radius 1 is 1.45 bits per heavy atom. The summed E-state index contributed by atoms with van der Waals surface area (Å²) in [4.78, 5) is 10.2. The molecule has 3 nitrogen and oxygen atoms in total. The molecule has 0 saturated carbocycles. The van der Waals surface area contributed by atoms with Crippen LogP contribution in [0.15, 0.2) is 0 Å². The van der Waals surface area contributed by atoms with Crippen molar-refractivity contribution in [3.8, 4) is 0 Å². The first-order chi connectivity index (χ1) is 4.54. The average molecular weight is 182 g/mol. The summed E-state index contributed by atoms with van der Waals surface area (Å²) in [5.41, 5.74) is 5.27. The third-order valence-corrected chi connectivity index (χ3v) is 1.37. The maximum atomic E-state index is 10.2. The van der Waals surface area contributed by atoms with Crippen molar-refractivity contribution in [2.45, 2.75) is 32.7 Å². The fraction of sp³-hybridized carbons (Fsp3) is 0.857. The zero-order valence-corrected chi connectivity index (χ0v) is 7.73. The van der Waals surface area contributed by atoms with E-state index in [1.807, 2.05) is 0 Å². The van der Waals surface area contributed by atoms with E-state index < -0.39 is 12.0 Å². The molecule has 0 aliphatic carbocycles. The molecule has 3 N–H and O–H groups in total. The van der Waals surface area contributed by atoms with Crippen molar-refractivity contribution in [2.75, 3.05) is 0 Å². The van der Waals surface area contributed by atoms with Crippen molar-refractivity contribution in [3.05, 3.63) is 0 Å². The quantitative estimate of drug-likeness (QED) is 0.687. The van der Waals surface area contributed by atoms with Crippen LogP contribution < -0.4 is 5.73 Å². The van der Waals surface area contributed by atoms with Gasteiger partial charge in [0.1, 0.15) is 6.04 Å². The minimum atomic E-state index is -0.902. The minimum absolute atomic E-state index is 0. The molecular weight excluding hydrogens is 166 g/mol. The average Bonchev–Trinajstić information content (AvgIpc) is 1.82. The van der Waals surface area contributed by atoms with Crippen LogP contribution in [0.5, 0.6) is 0 Å². The van der Waals surface area contributed by atoms with E-state index in [0.717, 1.165) is 6.42 Å². The number of carbonyl (C=O) groups is 1. The summed E-state index contributed by atoms with van der Waals surface area (Å²) in [5.74, 6) is -0.369. The summed E-state index contributed by atoms with van der Waals surface area (Å²) >= 11 is 0. The van der Waals surface area contributed by atoms with E-state index in [4.69, 9.17) is 10.8 Å². The first-order valence-corrected chi connectivity index (χ1v) is 3.52. The highest BCUT2D eigenvalue weighted by atomic mass is 35.5. The summed E-state index contributed by atoms with van der Waals surface area (Å²) in [7, 11) is 0. The second-order valence-electron chi connectivity index (χ2n) is 2.92. The van der Waals surface area contributed by atoms with Crippen LogP contribution in [0.1, 0.15) is 26.7 Å². The number of rotatable bonds is 4. The van der Waals surface area contributed by atoms with Gasteiger partial charge in [-0.3, -0.25) is 4.79 Å². The Bertz CT molecular complexity index is 117. The molecule has 0 spiro atoms. The van der Waals surface area contributed by atoms with Gasteiger partial charge in [0.2, 0.25) is 0 Å². The molecule has 0 rings (SSSR count). The number of carboxylic acids is 1. The van der Waals surface area contributed by atoms with Gasteiger partial charge in [0, 0.05) is 0 Å². The van der Waals surface area contributed by atoms with Gasteiger partial charge in [-0.2, -0.15) is 0 Å². The third kappa shape index (κ3) is 7.62. The van der Waals surface area contributed by atoms with Crippen LogP contribution in [-0.2, 0) is 4.79 Å². The van der Waals surface area contributed by atoms with Crippen molar-refractivity contribution in [1.82, 2.24) is 0 Å². The molecule has 0 fully saturated rings. The number of hydrogen-bond acceptors (Lipinski definition) is 2. The molecule has 0 aliphatic rings. The Morgan fingerprint density at radius 2 is 1.91 bits per heavy atom. The lowest BCUT2D eigenvalue weighted by molar-refractivity contribution is -0.138. The van der Waals surface area contributed by atoms with Crippen molar-refractivity contribution < 1.29 is 9.90 Å². The maximum absolute atomic E-state index is 10.2. The van der Waals surface area contributed by atoms with E-state index in [1.165, 1.54) is 0 Å². The van der Waals surface area contributed by atoms with Crippen LogP contribution in [-0.4, -0.2) is 17.1 Å². The van der Waals surface area contributed by atoms with E-state index in [9.17, 15) is 4.79 Å². The third-order valence-electron chi connectivity index (χ3n) is 1.37. The zero-order valence-electron chi connectivity index (χ0n) is 6.91. The maximum Gasteiger partial charge on any atom is 0.320 e. The van der Waals surface area contributed by atoms with Crippen LogP contribution in [0.25, 0.3) is 0 Å². The number of carboxylic acid groups (broad SMARTS) is 1. The van der Waals surface area contributed by atoms with Crippen molar-refractivity contribution in [2.24, 2.45) is 11.7 Å². The smallest absolute Gasteiger partial charge is 0.320 e. The summed E-state index contributed by atoms with van der Waals surface area (Å²) in [6.07, 6.45) is 1.46. The Morgan fingerprint density at radius 3 is 2.18 bits per heavy atom. The highest BCUT2D eigenvalue weighted by molar-refractivity contribution is 5.85. The molecular formula is C7H16ClNO2. The molecule has 0 bridgehead atoms. The fourth-order valence-corrected chi connectivity index (χ4v) is 0.636. The van der Waals surface area contributed by atoms with Gasteiger partial charge in [-0.25, -0.2) is 0 Å². The van der Waals surface area contributed by atoms with Crippen LogP contribution in [0.3, 0.4) is 0 Å². The van der Waals surface area contributed by atoms with Crippen LogP contribution >= 0.6 is 12.4 Å². The first kappa shape index (κ1) is 13.3. The first-order valence-electron chi connectivity index (χ1n) is 3.52. The second-order valence-corrected chi connectivity index (χ2v) is 2.92. The molecule has 68 valence electrons. The molecule has 0 radical (unpaired) electrons. The lowest BCUT2D eigenvalue weighted by Gasteiger charge is -2.07. The Hall–Kier alpha value is -0.280. The molecule has 1 unspecified atom stereocenters. The Kier molecular flexibility index (Phi) is 7.79. The Balaban J connectivity index is 0. The molecule has 4 heteroatoms. The van der Waals surface area contributed by atoms with Crippen LogP contribution in [0.4, 0.5) is 0 Å². The molecule has 0 heterocycles. The van der Waals surface area contributed by atoms with E-state index in [0.29, 0.717) is 12.3 Å². The van der Waals surface area contributed by atoms with E-state index >= 15 is 0 Å². The van der Waals surface area contributed by atoms with Gasteiger partial charge < -0.3 is 10.8 Å². The van der Waals surface area contributed by atoms with Crippen molar-refractivity contribution >= 4 is 18.4 Å². The number of hydrogen-bond donors (Lipinski definition) is 2. The standard InChI is InChI=1S/C7H15NO2.ClH/c1-5(2)3-4-6(8)7(9)10;/h5-6H,3-4,8H2,1-2H3,(H,9,10);1H. The molecule has 0 aromatic carbocycles. The summed E-state index contributed by atoms with van der Waals surface area (Å²) < 4.78 is 0. The van der Waals surface area contributed by atoms with E-state index in [1.54, 1.807) is 0 Å². The SMILES string of the molecule is CC(C)CCC(N)C(=O)O.Cl. The van der Waals surface area contributed by atoms with Gasteiger partial charge in [-0.1, -0.05) is 13.8 Å². The topological polar surface area (TPSA) is 63.3 Å². The lowest BCUT2D eigenvalue weighted by Crippen LogP contribution is -2.30. The summed E-state index contributed by atoms with van der Waals surface area (Å²) in [5, 5.41) is 8.37. The Labute approximate surface area is 73.4 Å². The zero-order chi connectivity index (χ0) is 8.15. The molecule has 0 saturated heterocycles. The second kappa shape index (κ2) is 6.43. The number of halogens is 1. The van der Waals surface area contributed by atoms with Crippen LogP contribution in [0.2, 0.25) is 0 Å². The van der Waals surface area contributed by atoms with Gasteiger partial charge in [-0.15, -0.1) is 12.4 Å². The normalized spacial score (nSPS) is 12.4. The molecule has 0 aliphatic heterocycles. The number of aliphatic carboxylic acids is 1. The monoisotopic (exact) mass is 181 g/mol. The van der Waals surface area contributed by atoms with Crippen molar-refractivity contribution in [1.29, 1.82) is 0 Å².